The van der Waals surface area contributed by atoms with Crippen molar-refractivity contribution in [1.29, 1.82) is 0 Å². The number of nitrogens with one attached hydrogen (secondary N) is 2. The number of aromatic nitrogens is 1. The summed E-state index contributed by atoms with van der Waals surface area (Å²) in [5.74, 6) is -0.155. The zero-order valence-corrected chi connectivity index (χ0v) is 16.7. The molecule has 1 saturated heterocycles. The molecule has 0 bridgehead atoms. The highest BCUT2D eigenvalue weighted by molar-refractivity contribution is 5.80. The van der Waals surface area contributed by atoms with Crippen LogP contribution in [0.4, 0.5) is 10.8 Å². The van der Waals surface area contributed by atoms with E-state index in [2.05, 4.69) is 15.6 Å². The Hall–Kier alpha value is -2.77. The average Bonchev–Trinajstić information content (AvgIpc) is 3.08. The van der Waals surface area contributed by atoms with Crippen LogP contribution in [-0.2, 0) is 9.53 Å². The van der Waals surface area contributed by atoms with Crippen LogP contribution in [0.25, 0.3) is 11.1 Å². The second kappa shape index (κ2) is 8.50. The van der Waals surface area contributed by atoms with Gasteiger partial charge in [0.15, 0.2) is 5.58 Å². The summed E-state index contributed by atoms with van der Waals surface area (Å²) in [4.78, 5) is 30.6. The van der Waals surface area contributed by atoms with Gasteiger partial charge in [-0.05, 0) is 45.7 Å². The molecular formula is C20H28N4O4. The second-order valence-electron chi connectivity index (χ2n) is 7.97. The number of oxazole rings is 1. The van der Waals surface area contributed by atoms with Gasteiger partial charge in [-0.25, -0.2) is 4.79 Å². The molecule has 8 nitrogen and oxygen atoms in total. The first-order valence-corrected chi connectivity index (χ1v) is 9.67. The maximum absolute atomic E-state index is 12.5. The lowest BCUT2D eigenvalue weighted by Crippen LogP contribution is -2.45. The predicted octanol–water partition coefficient (Wildman–Crippen LogP) is 2.69. The number of hydrogen-bond acceptors (Lipinski definition) is 6. The molecule has 28 heavy (non-hydrogen) atoms. The van der Waals surface area contributed by atoms with E-state index >= 15 is 0 Å². The lowest BCUT2D eigenvalue weighted by atomic mass is 9.97. The fourth-order valence-corrected chi connectivity index (χ4v) is 3.17. The highest BCUT2D eigenvalue weighted by atomic mass is 16.6. The van der Waals surface area contributed by atoms with Crippen LogP contribution < -0.4 is 15.5 Å². The van der Waals surface area contributed by atoms with Gasteiger partial charge in [0, 0.05) is 26.2 Å². The lowest BCUT2D eigenvalue weighted by Gasteiger charge is -2.30. The Bertz CT molecular complexity index is 794. The fourth-order valence-electron chi connectivity index (χ4n) is 3.17. The molecule has 0 radical (unpaired) electrons. The van der Waals surface area contributed by atoms with Crippen LogP contribution in [0.3, 0.4) is 0 Å². The van der Waals surface area contributed by atoms with Crippen LogP contribution in [0.2, 0.25) is 0 Å². The number of carbonyl (C=O) groups is 2. The number of para-hydroxylation sites is 2. The molecule has 2 amide bonds. The number of fused-ring (bicyclic) bond motifs is 1. The van der Waals surface area contributed by atoms with Crippen molar-refractivity contribution in [3.8, 4) is 0 Å². The third-order valence-corrected chi connectivity index (χ3v) is 4.44. The van der Waals surface area contributed by atoms with Crippen molar-refractivity contribution < 1.29 is 18.7 Å². The summed E-state index contributed by atoms with van der Waals surface area (Å²) >= 11 is 0. The monoisotopic (exact) mass is 388 g/mol. The van der Waals surface area contributed by atoms with E-state index in [9.17, 15) is 9.59 Å². The molecule has 1 aliphatic heterocycles. The first-order valence-electron chi connectivity index (χ1n) is 9.67. The van der Waals surface area contributed by atoms with Crippen LogP contribution >= 0.6 is 0 Å². The molecule has 1 aromatic carbocycles. The molecule has 2 heterocycles. The summed E-state index contributed by atoms with van der Waals surface area (Å²) in [7, 11) is 0. The van der Waals surface area contributed by atoms with Crippen molar-refractivity contribution in [1.82, 2.24) is 15.6 Å². The second-order valence-corrected chi connectivity index (χ2v) is 7.97. The van der Waals surface area contributed by atoms with Crippen molar-refractivity contribution >= 4 is 29.1 Å². The number of amides is 2. The van der Waals surface area contributed by atoms with Gasteiger partial charge < -0.3 is 24.7 Å². The molecule has 0 spiro atoms. The molecule has 1 atom stereocenters. The van der Waals surface area contributed by atoms with Gasteiger partial charge >= 0.3 is 6.09 Å². The standard InChI is InChI=1S/C20H28N4O4/c1-20(2,3)28-19(26)22-11-10-21-17(25)14-7-6-12-24(13-14)18-23-15-8-4-5-9-16(15)27-18/h4-5,8-9,14H,6-7,10-13H2,1-3H3,(H,21,25)(H,22,26). The maximum Gasteiger partial charge on any atom is 0.407 e. The third kappa shape index (κ3) is 5.37. The van der Waals surface area contributed by atoms with E-state index in [4.69, 9.17) is 9.15 Å². The third-order valence-electron chi connectivity index (χ3n) is 4.44. The van der Waals surface area contributed by atoms with Crippen molar-refractivity contribution in [2.45, 2.75) is 39.2 Å². The molecule has 1 unspecified atom stereocenters. The number of nitrogens with zero attached hydrogens (tertiary/aromatic N) is 2. The Balaban J connectivity index is 1.46. The van der Waals surface area contributed by atoms with E-state index in [1.165, 1.54) is 0 Å². The lowest BCUT2D eigenvalue weighted by molar-refractivity contribution is -0.125. The first-order chi connectivity index (χ1) is 13.3. The van der Waals surface area contributed by atoms with E-state index in [0.29, 0.717) is 25.6 Å². The van der Waals surface area contributed by atoms with Gasteiger partial charge in [0.25, 0.3) is 6.01 Å². The summed E-state index contributed by atoms with van der Waals surface area (Å²) in [5.41, 5.74) is 1.03. The Morgan fingerprint density at radius 3 is 2.75 bits per heavy atom. The summed E-state index contributed by atoms with van der Waals surface area (Å²) in [6, 6.07) is 8.19. The molecule has 0 aliphatic carbocycles. The molecule has 1 fully saturated rings. The van der Waals surface area contributed by atoms with Crippen LogP contribution in [-0.4, -0.2) is 48.8 Å². The smallest absolute Gasteiger partial charge is 0.407 e. The summed E-state index contributed by atoms with van der Waals surface area (Å²) in [6.45, 7) is 7.48. The van der Waals surface area contributed by atoms with Gasteiger partial charge in [-0.15, -0.1) is 0 Å². The zero-order valence-electron chi connectivity index (χ0n) is 16.7. The van der Waals surface area contributed by atoms with Crippen molar-refractivity contribution in [2.75, 3.05) is 31.1 Å². The summed E-state index contributed by atoms with van der Waals surface area (Å²) in [5, 5.41) is 5.52. The Kier molecular flexibility index (Phi) is 6.06. The average molecular weight is 388 g/mol. The molecule has 2 N–H and O–H groups in total. The van der Waals surface area contributed by atoms with Gasteiger partial charge in [-0.2, -0.15) is 4.98 Å². The number of alkyl carbamates (subject to hydrolysis) is 1. The van der Waals surface area contributed by atoms with Gasteiger partial charge in [0.2, 0.25) is 5.91 Å². The molecule has 152 valence electrons. The molecule has 8 heteroatoms. The quantitative estimate of drug-likeness (QED) is 0.765. The Morgan fingerprint density at radius 1 is 1.25 bits per heavy atom. The van der Waals surface area contributed by atoms with Gasteiger partial charge in [-0.1, -0.05) is 12.1 Å². The van der Waals surface area contributed by atoms with Crippen molar-refractivity contribution in [2.24, 2.45) is 5.92 Å². The van der Waals surface area contributed by atoms with Crippen LogP contribution in [0.5, 0.6) is 0 Å². The van der Waals surface area contributed by atoms with Crippen molar-refractivity contribution in [3.63, 3.8) is 0 Å². The number of ether oxygens (including phenoxy) is 1. The predicted molar refractivity (Wildman–Crippen MR) is 106 cm³/mol. The van der Waals surface area contributed by atoms with Crippen molar-refractivity contribution in [3.05, 3.63) is 24.3 Å². The number of piperidine rings is 1. The molecule has 0 saturated carbocycles. The summed E-state index contributed by atoms with van der Waals surface area (Å²) < 4.78 is 11.0. The molecule has 1 aromatic heterocycles. The van der Waals surface area contributed by atoms with Crippen LogP contribution in [0.1, 0.15) is 33.6 Å². The minimum Gasteiger partial charge on any atom is -0.444 e. The topological polar surface area (TPSA) is 96.7 Å². The Labute approximate surface area is 164 Å². The molecule has 1 aliphatic rings. The van der Waals surface area contributed by atoms with Crippen LogP contribution in [0.15, 0.2) is 28.7 Å². The highest BCUT2D eigenvalue weighted by Gasteiger charge is 2.28. The Morgan fingerprint density at radius 2 is 2.00 bits per heavy atom. The van der Waals surface area contributed by atoms with Gasteiger partial charge in [-0.3, -0.25) is 4.79 Å². The number of carbonyl (C=O) groups excluding carboxylic acids is 2. The highest BCUT2D eigenvalue weighted by Crippen LogP contribution is 2.26. The van der Waals surface area contributed by atoms with Gasteiger partial charge in [0.05, 0.1) is 5.92 Å². The summed E-state index contributed by atoms with van der Waals surface area (Å²) in [6.07, 6.45) is 1.23. The maximum atomic E-state index is 12.5. The first kappa shape index (κ1) is 20.0. The minimum absolute atomic E-state index is 0.0215. The molecule has 2 aromatic rings. The van der Waals surface area contributed by atoms with Gasteiger partial charge in [0.1, 0.15) is 11.1 Å². The molecular weight excluding hydrogens is 360 g/mol. The van der Waals surface area contributed by atoms with E-state index in [1.807, 2.05) is 29.2 Å². The zero-order chi connectivity index (χ0) is 20.1. The SMILES string of the molecule is CC(C)(C)OC(=O)NCCNC(=O)C1CCCN(c2nc3ccccc3o2)C1. The largest absolute Gasteiger partial charge is 0.444 e. The number of anilines is 1. The molecule has 3 rings (SSSR count). The van der Waals surface area contributed by atoms with E-state index < -0.39 is 11.7 Å². The number of hydrogen-bond donors (Lipinski definition) is 2. The minimum atomic E-state index is -0.538. The van der Waals surface area contributed by atoms with E-state index in [-0.39, 0.29) is 11.8 Å². The van der Waals surface area contributed by atoms with E-state index in [0.717, 1.165) is 30.5 Å². The number of rotatable bonds is 5. The fraction of sp³-hybridized carbons (Fsp3) is 0.550. The van der Waals surface area contributed by atoms with Crippen LogP contribution in [0, 0.1) is 5.92 Å². The normalized spacial score (nSPS) is 17.4. The van der Waals surface area contributed by atoms with E-state index in [1.54, 1.807) is 20.8 Å². The number of benzene rings is 1.